The molecule has 0 spiro atoms. The molecule has 0 unspecified atom stereocenters. The lowest BCUT2D eigenvalue weighted by Gasteiger charge is -2.07. The van der Waals surface area contributed by atoms with Crippen molar-refractivity contribution in [3.63, 3.8) is 0 Å². The Bertz CT molecular complexity index is 607. The van der Waals surface area contributed by atoms with Crippen molar-refractivity contribution in [2.24, 2.45) is 5.73 Å². The van der Waals surface area contributed by atoms with Gasteiger partial charge in [-0.15, -0.1) is 0 Å². The largest absolute Gasteiger partial charge is 0.437 e. The molecule has 1 heterocycles. The Hall–Kier alpha value is -2.02. The van der Waals surface area contributed by atoms with E-state index in [0.717, 1.165) is 6.07 Å². The SMILES string of the molecule is NC(=O)c1nccnc1Oc1ccc(Br)c(F)c1. The molecule has 92 valence electrons. The molecule has 2 N–H and O–H groups in total. The van der Waals surface area contributed by atoms with Gasteiger partial charge in [-0.1, -0.05) is 0 Å². The van der Waals surface area contributed by atoms with Gasteiger partial charge in [0.15, 0.2) is 5.69 Å². The number of amides is 1. The molecule has 0 bridgehead atoms. The zero-order valence-corrected chi connectivity index (χ0v) is 10.5. The predicted molar refractivity (Wildman–Crippen MR) is 64.7 cm³/mol. The molecule has 0 saturated heterocycles. The van der Waals surface area contributed by atoms with E-state index in [4.69, 9.17) is 10.5 Å². The molecule has 2 rings (SSSR count). The Balaban J connectivity index is 2.34. The molecule has 0 aliphatic heterocycles. The van der Waals surface area contributed by atoms with Crippen LogP contribution in [0.25, 0.3) is 0 Å². The highest BCUT2D eigenvalue weighted by molar-refractivity contribution is 9.10. The van der Waals surface area contributed by atoms with Crippen molar-refractivity contribution >= 4 is 21.8 Å². The third-order valence-electron chi connectivity index (χ3n) is 2.00. The highest BCUT2D eigenvalue weighted by Gasteiger charge is 2.13. The Kier molecular flexibility index (Phi) is 3.52. The lowest BCUT2D eigenvalue weighted by molar-refractivity contribution is 0.0992. The number of rotatable bonds is 3. The summed E-state index contributed by atoms with van der Waals surface area (Å²) in [5, 5.41) is 0. The fraction of sp³-hybridized carbons (Fsp3) is 0. The van der Waals surface area contributed by atoms with E-state index < -0.39 is 11.7 Å². The first-order chi connectivity index (χ1) is 8.58. The molecule has 2 aromatic rings. The van der Waals surface area contributed by atoms with Gasteiger partial charge in [0.25, 0.3) is 11.8 Å². The van der Waals surface area contributed by atoms with E-state index in [2.05, 4.69) is 25.9 Å². The molecule has 1 aromatic heterocycles. The minimum Gasteiger partial charge on any atom is -0.437 e. The highest BCUT2D eigenvalue weighted by atomic mass is 79.9. The van der Waals surface area contributed by atoms with Crippen LogP contribution in [-0.4, -0.2) is 15.9 Å². The minimum atomic E-state index is -0.768. The summed E-state index contributed by atoms with van der Waals surface area (Å²) in [5.74, 6) is -1.13. The average molecular weight is 312 g/mol. The Morgan fingerprint density at radius 2 is 2.06 bits per heavy atom. The number of benzene rings is 1. The zero-order valence-electron chi connectivity index (χ0n) is 8.93. The quantitative estimate of drug-likeness (QED) is 0.943. The van der Waals surface area contributed by atoms with Gasteiger partial charge in [-0.25, -0.2) is 14.4 Å². The molecule has 0 radical (unpaired) electrons. The van der Waals surface area contributed by atoms with Crippen LogP contribution in [0.15, 0.2) is 35.1 Å². The van der Waals surface area contributed by atoms with E-state index in [9.17, 15) is 9.18 Å². The number of aromatic nitrogens is 2. The smallest absolute Gasteiger partial charge is 0.272 e. The van der Waals surface area contributed by atoms with Gasteiger partial charge >= 0.3 is 0 Å². The lowest BCUT2D eigenvalue weighted by atomic mass is 10.3. The van der Waals surface area contributed by atoms with Crippen molar-refractivity contribution in [3.05, 3.63) is 46.6 Å². The molecule has 0 aliphatic rings. The molecule has 0 fully saturated rings. The van der Waals surface area contributed by atoms with Gasteiger partial charge in [0.05, 0.1) is 4.47 Å². The number of carbonyl (C=O) groups is 1. The van der Waals surface area contributed by atoms with E-state index in [1.807, 2.05) is 0 Å². The summed E-state index contributed by atoms with van der Waals surface area (Å²) >= 11 is 3.02. The fourth-order valence-electron chi connectivity index (χ4n) is 1.22. The van der Waals surface area contributed by atoms with Crippen molar-refractivity contribution in [1.29, 1.82) is 0 Å². The van der Waals surface area contributed by atoms with Crippen LogP contribution >= 0.6 is 15.9 Å². The van der Waals surface area contributed by atoms with Crippen molar-refractivity contribution in [2.45, 2.75) is 0 Å². The molecule has 18 heavy (non-hydrogen) atoms. The standard InChI is InChI=1S/C11H7BrFN3O2/c12-7-2-1-6(5-8(7)13)18-11-9(10(14)17)15-3-4-16-11/h1-5H,(H2,14,17). The summed E-state index contributed by atoms with van der Waals surface area (Å²) in [6.07, 6.45) is 2.66. The van der Waals surface area contributed by atoms with Gasteiger partial charge in [0, 0.05) is 18.5 Å². The number of hydrogen-bond donors (Lipinski definition) is 1. The number of hydrogen-bond acceptors (Lipinski definition) is 4. The molecule has 0 aliphatic carbocycles. The first-order valence-electron chi connectivity index (χ1n) is 4.81. The molecule has 1 amide bonds. The molecule has 0 atom stereocenters. The maximum atomic E-state index is 13.3. The molecule has 0 saturated carbocycles. The van der Waals surface area contributed by atoms with E-state index in [0.29, 0.717) is 4.47 Å². The van der Waals surface area contributed by atoms with Gasteiger partial charge < -0.3 is 10.5 Å². The van der Waals surface area contributed by atoms with Crippen LogP contribution < -0.4 is 10.5 Å². The van der Waals surface area contributed by atoms with E-state index in [1.54, 1.807) is 0 Å². The number of primary amides is 1. The Morgan fingerprint density at radius 1 is 1.33 bits per heavy atom. The van der Waals surface area contributed by atoms with Crippen LogP contribution in [0.4, 0.5) is 4.39 Å². The van der Waals surface area contributed by atoms with Crippen LogP contribution in [-0.2, 0) is 0 Å². The maximum Gasteiger partial charge on any atom is 0.272 e. The van der Waals surface area contributed by atoms with Gasteiger partial charge in [0.1, 0.15) is 11.6 Å². The maximum absolute atomic E-state index is 13.3. The zero-order chi connectivity index (χ0) is 13.1. The minimum absolute atomic E-state index is 0.0632. The average Bonchev–Trinajstić information content (AvgIpc) is 2.34. The molecule has 5 nitrogen and oxygen atoms in total. The second-order valence-corrected chi connectivity index (χ2v) is 4.11. The van der Waals surface area contributed by atoms with Crippen LogP contribution in [0, 0.1) is 5.82 Å². The van der Waals surface area contributed by atoms with Gasteiger partial charge in [-0.05, 0) is 28.1 Å². The van der Waals surface area contributed by atoms with Crippen molar-refractivity contribution < 1.29 is 13.9 Å². The summed E-state index contributed by atoms with van der Waals surface area (Å²) < 4.78 is 18.9. The van der Waals surface area contributed by atoms with Crippen LogP contribution in [0.1, 0.15) is 10.5 Å². The first kappa shape index (κ1) is 12.4. The van der Waals surface area contributed by atoms with Crippen molar-refractivity contribution in [1.82, 2.24) is 9.97 Å². The van der Waals surface area contributed by atoms with Gasteiger partial charge in [0.2, 0.25) is 0 Å². The van der Waals surface area contributed by atoms with Crippen molar-refractivity contribution in [3.8, 4) is 11.6 Å². The third-order valence-corrected chi connectivity index (χ3v) is 2.65. The predicted octanol–water partition coefficient (Wildman–Crippen LogP) is 2.27. The van der Waals surface area contributed by atoms with Crippen LogP contribution in [0.3, 0.4) is 0 Å². The third kappa shape index (κ3) is 2.62. The summed E-state index contributed by atoms with van der Waals surface area (Å²) in [6, 6.07) is 4.15. The lowest BCUT2D eigenvalue weighted by Crippen LogP contribution is -2.14. The molecular formula is C11H7BrFN3O2. The summed E-state index contributed by atoms with van der Waals surface area (Å²) in [6.45, 7) is 0. The molecule has 1 aromatic carbocycles. The first-order valence-corrected chi connectivity index (χ1v) is 5.61. The van der Waals surface area contributed by atoms with Crippen molar-refractivity contribution in [2.75, 3.05) is 0 Å². The molecule has 7 heteroatoms. The number of ether oxygens (including phenoxy) is 1. The number of carbonyl (C=O) groups excluding carboxylic acids is 1. The van der Waals surface area contributed by atoms with E-state index >= 15 is 0 Å². The van der Waals surface area contributed by atoms with Gasteiger partial charge in [-0.3, -0.25) is 4.79 Å². The monoisotopic (exact) mass is 311 g/mol. The number of halogens is 2. The second kappa shape index (κ2) is 5.09. The van der Waals surface area contributed by atoms with Crippen LogP contribution in [0.2, 0.25) is 0 Å². The normalized spacial score (nSPS) is 10.1. The second-order valence-electron chi connectivity index (χ2n) is 3.25. The number of nitrogens with zero attached hydrogens (tertiary/aromatic N) is 2. The fourth-order valence-corrected chi connectivity index (χ4v) is 1.47. The Labute approximate surface area is 110 Å². The Morgan fingerprint density at radius 3 is 2.72 bits per heavy atom. The summed E-state index contributed by atoms with van der Waals surface area (Å²) in [7, 11) is 0. The van der Waals surface area contributed by atoms with E-state index in [-0.39, 0.29) is 17.3 Å². The summed E-state index contributed by atoms with van der Waals surface area (Å²) in [5.41, 5.74) is 5.01. The topological polar surface area (TPSA) is 78.1 Å². The number of nitrogens with two attached hydrogens (primary N) is 1. The van der Waals surface area contributed by atoms with Crippen LogP contribution in [0.5, 0.6) is 11.6 Å². The van der Waals surface area contributed by atoms with E-state index in [1.165, 1.54) is 24.5 Å². The summed E-state index contributed by atoms with van der Waals surface area (Å²) in [4.78, 5) is 18.7. The molecular weight excluding hydrogens is 305 g/mol. The highest BCUT2D eigenvalue weighted by Crippen LogP contribution is 2.25. The van der Waals surface area contributed by atoms with Gasteiger partial charge in [-0.2, -0.15) is 0 Å².